The fraction of sp³-hybridized carbons (Fsp3) is 0.826. The second kappa shape index (κ2) is 41.6. The van der Waals surface area contributed by atoms with Gasteiger partial charge in [-0.15, -0.1) is 0 Å². The van der Waals surface area contributed by atoms with E-state index in [-0.39, 0.29) is 12.1 Å². The molecule has 0 saturated heterocycles. The van der Waals surface area contributed by atoms with E-state index in [0.29, 0.717) is 12.8 Å². The van der Waals surface area contributed by atoms with Crippen LogP contribution >= 0.6 is 0 Å². The van der Waals surface area contributed by atoms with Gasteiger partial charge in [-0.05, 0) is 64.2 Å². The molecule has 0 aromatic rings. The summed E-state index contributed by atoms with van der Waals surface area (Å²) in [5, 5.41) is 8.67. The Kier molecular flexibility index (Phi) is 40.0. The van der Waals surface area contributed by atoms with Crippen LogP contribution < -0.4 is 0 Å². The SMILES string of the molecule is CC/C=C\C/C=C\C/C=C\CCCCCCCCCCCC(=O)OC(CCC)CCCCCCCCCCCCCCCCCCCC(=O)O. The highest BCUT2D eigenvalue weighted by Gasteiger charge is 2.13. The Labute approximate surface area is 311 Å². The Bertz CT molecular complexity index is 798. The number of hydrogen-bond donors (Lipinski definition) is 1. The zero-order valence-electron chi connectivity index (χ0n) is 33.5. The van der Waals surface area contributed by atoms with Crippen molar-refractivity contribution in [3.8, 4) is 0 Å². The average molecular weight is 701 g/mol. The third kappa shape index (κ3) is 40.6. The lowest BCUT2D eigenvalue weighted by Gasteiger charge is -2.17. The molecular weight excluding hydrogens is 617 g/mol. The van der Waals surface area contributed by atoms with Crippen molar-refractivity contribution in [2.45, 2.75) is 245 Å². The van der Waals surface area contributed by atoms with E-state index in [2.05, 4.69) is 50.3 Å². The van der Waals surface area contributed by atoms with Crippen molar-refractivity contribution < 1.29 is 19.4 Å². The normalized spacial score (nSPS) is 12.5. The monoisotopic (exact) mass is 701 g/mol. The lowest BCUT2D eigenvalue weighted by Crippen LogP contribution is -2.18. The number of carbonyl (C=O) groups is 2. The van der Waals surface area contributed by atoms with Crippen LogP contribution in [-0.2, 0) is 14.3 Å². The van der Waals surface area contributed by atoms with Crippen molar-refractivity contribution in [3.05, 3.63) is 36.5 Å². The number of unbranched alkanes of at least 4 members (excludes halogenated alkanes) is 25. The van der Waals surface area contributed by atoms with Gasteiger partial charge in [0.25, 0.3) is 0 Å². The number of aliphatic carboxylic acids is 1. The standard InChI is InChI=1S/C46H84O4/c1-3-5-6-7-8-9-10-11-12-13-14-18-21-24-27-30-33-36-39-43-46(49)50-44(40-4-2)41-37-34-31-28-25-22-19-16-15-17-20-23-26-29-32-35-38-42-45(47)48/h5-6,8-9,11-12,44H,3-4,7,10,13-43H2,1-2H3,(H,47,48)/b6-5-,9-8-,12-11-. The first-order valence-electron chi connectivity index (χ1n) is 22.0. The molecule has 1 unspecified atom stereocenters. The molecule has 50 heavy (non-hydrogen) atoms. The van der Waals surface area contributed by atoms with Gasteiger partial charge in [-0.25, -0.2) is 0 Å². The molecule has 0 spiro atoms. The summed E-state index contributed by atoms with van der Waals surface area (Å²) in [6, 6.07) is 0. The van der Waals surface area contributed by atoms with Crippen LogP contribution in [0.25, 0.3) is 0 Å². The molecule has 4 heteroatoms. The Hall–Kier alpha value is -1.84. The minimum absolute atomic E-state index is 0.0302. The minimum atomic E-state index is -0.662. The molecule has 4 nitrogen and oxygen atoms in total. The maximum atomic E-state index is 12.5. The van der Waals surface area contributed by atoms with Crippen molar-refractivity contribution in [1.82, 2.24) is 0 Å². The van der Waals surface area contributed by atoms with Crippen LogP contribution in [0.1, 0.15) is 239 Å². The smallest absolute Gasteiger partial charge is 0.306 e. The van der Waals surface area contributed by atoms with E-state index in [0.717, 1.165) is 64.2 Å². The van der Waals surface area contributed by atoms with E-state index in [1.165, 1.54) is 148 Å². The number of esters is 1. The van der Waals surface area contributed by atoms with E-state index in [1.54, 1.807) is 0 Å². The first kappa shape index (κ1) is 48.2. The minimum Gasteiger partial charge on any atom is -0.481 e. The molecule has 1 atom stereocenters. The number of rotatable bonds is 40. The average Bonchev–Trinajstić information content (AvgIpc) is 3.10. The quantitative estimate of drug-likeness (QED) is 0.0393. The Morgan fingerprint density at radius 2 is 0.840 bits per heavy atom. The van der Waals surface area contributed by atoms with Crippen LogP contribution in [0, 0.1) is 0 Å². The molecule has 0 bridgehead atoms. The summed E-state index contributed by atoms with van der Waals surface area (Å²) in [6.07, 6.45) is 55.4. The van der Waals surface area contributed by atoms with Crippen molar-refractivity contribution in [2.24, 2.45) is 0 Å². The third-order valence-corrected chi connectivity index (χ3v) is 9.86. The third-order valence-electron chi connectivity index (χ3n) is 9.86. The van der Waals surface area contributed by atoms with E-state index >= 15 is 0 Å². The summed E-state index contributed by atoms with van der Waals surface area (Å²) >= 11 is 0. The number of carboxylic acid groups (broad SMARTS) is 1. The van der Waals surface area contributed by atoms with Crippen LogP contribution in [0.5, 0.6) is 0 Å². The van der Waals surface area contributed by atoms with Crippen molar-refractivity contribution in [3.63, 3.8) is 0 Å². The van der Waals surface area contributed by atoms with Gasteiger partial charge in [0.15, 0.2) is 0 Å². The summed E-state index contributed by atoms with van der Waals surface area (Å²) in [7, 11) is 0. The summed E-state index contributed by atoms with van der Waals surface area (Å²) in [6.45, 7) is 4.37. The van der Waals surface area contributed by atoms with E-state index in [1.807, 2.05) is 0 Å². The van der Waals surface area contributed by atoms with Gasteiger partial charge in [-0.1, -0.05) is 198 Å². The van der Waals surface area contributed by atoms with E-state index in [4.69, 9.17) is 9.84 Å². The Balaban J connectivity index is 3.51. The molecule has 0 saturated carbocycles. The largest absolute Gasteiger partial charge is 0.481 e. The highest BCUT2D eigenvalue weighted by molar-refractivity contribution is 5.69. The first-order valence-corrected chi connectivity index (χ1v) is 22.0. The van der Waals surface area contributed by atoms with Crippen LogP contribution in [0.4, 0.5) is 0 Å². The summed E-state index contributed by atoms with van der Waals surface area (Å²) < 4.78 is 5.90. The maximum Gasteiger partial charge on any atom is 0.306 e. The first-order chi connectivity index (χ1) is 24.6. The van der Waals surface area contributed by atoms with Gasteiger partial charge in [0.05, 0.1) is 0 Å². The van der Waals surface area contributed by atoms with Crippen molar-refractivity contribution in [1.29, 1.82) is 0 Å². The molecule has 0 aliphatic rings. The van der Waals surface area contributed by atoms with Gasteiger partial charge in [-0.2, -0.15) is 0 Å². The predicted molar refractivity (Wildman–Crippen MR) is 218 cm³/mol. The fourth-order valence-electron chi connectivity index (χ4n) is 6.72. The highest BCUT2D eigenvalue weighted by atomic mass is 16.5. The molecule has 0 aromatic heterocycles. The second-order valence-electron chi connectivity index (χ2n) is 14.9. The number of hydrogen-bond acceptors (Lipinski definition) is 3. The van der Waals surface area contributed by atoms with E-state index in [9.17, 15) is 9.59 Å². The number of allylic oxidation sites excluding steroid dienone is 6. The van der Waals surface area contributed by atoms with Crippen LogP contribution in [0.15, 0.2) is 36.5 Å². The highest BCUT2D eigenvalue weighted by Crippen LogP contribution is 2.18. The van der Waals surface area contributed by atoms with Crippen LogP contribution in [0.2, 0.25) is 0 Å². The van der Waals surface area contributed by atoms with Crippen LogP contribution in [-0.4, -0.2) is 23.1 Å². The van der Waals surface area contributed by atoms with Crippen LogP contribution in [0.3, 0.4) is 0 Å². The lowest BCUT2D eigenvalue weighted by molar-refractivity contribution is -0.150. The predicted octanol–water partition coefficient (Wildman–Crippen LogP) is 15.3. The zero-order valence-corrected chi connectivity index (χ0v) is 33.5. The number of carbonyl (C=O) groups excluding carboxylic acids is 1. The zero-order chi connectivity index (χ0) is 36.4. The summed E-state index contributed by atoms with van der Waals surface area (Å²) in [4.78, 5) is 23.0. The molecular formula is C46H84O4. The fourth-order valence-corrected chi connectivity index (χ4v) is 6.72. The molecule has 0 aromatic carbocycles. The number of ether oxygens (including phenoxy) is 1. The molecule has 0 aliphatic heterocycles. The maximum absolute atomic E-state index is 12.5. The van der Waals surface area contributed by atoms with E-state index < -0.39 is 5.97 Å². The van der Waals surface area contributed by atoms with Gasteiger partial charge in [0, 0.05) is 12.8 Å². The topological polar surface area (TPSA) is 63.6 Å². The molecule has 0 rings (SSSR count). The van der Waals surface area contributed by atoms with Crippen molar-refractivity contribution in [2.75, 3.05) is 0 Å². The second-order valence-corrected chi connectivity index (χ2v) is 14.9. The summed E-state index contributed by atoms with van der Waals surface area (Å²) in [5.41, 5.74) is 0. The van der Waals surface area contributed by atoms with Gasteiger partial charge in [0.2, 0.25) is 0 Å². The molecule has 0 radical (unpaired) electrons. The molecule has 0 aliphatic carbocycles. The molecule has 1 N–H and O–H groups in total. The van der Waals surface area contributed by atoms with Gasteiger partial charge in [0.1, 0.15) is 6.10 Å². The number of carboxylic acids is 1. The summed E-state index contributed by atoms with van der Waals surface area (Å²) in [5.74, 6) is -0.632. The van der Waals surface area contributed by atoms with Gasteiger partial charge in [-0.3, -0.25) is 9.59 Å². The van der Waals surface area contributed by atoms with Crippen molar-refractivity contribution >= 4 is 11.9 Å². The Morgan fingerprint density at radius 1 is 0.460 bits per heavy atom. The molecule has 0 heterocycles. The molecule has 0 fully saturated rings. The molecule has 0 amide bonds. The van der Waals surface area contributed by atoms with Gasteiger partial charge >= 0.3 is 11.9 Å². The lowest BCUT2D eigenvalue weighted by atomic mass is 10.0. The van der Waals surface area contributed by atoms with Gasteiger partial charge < -0.3 is 9.84 Å². The molecule has 292 valence electrons. The Morgan fingerprint density at radius 3 is 1.28 bits per heavy atom.